The van der Waals surface area contributed by atoms with Crippen molar-refractivity contribution in [2.75, 3.05) is 5.75 Å². The molecule has 0 saturated heterocycles. The molecular formula is C6H13S+. The first-order valence-electron chi connectivity index (χ1n) is 2.82. The van der Waals surface area contributed by atoms with Crippen LogP contribution in [0.1, 0.15) is 25.7 Å². The summed E-state index contributed by atoms with van der Waals surface area (Å²) < 4.78 is 0. The van der Waals surface area contributed by atoms with Gasteiger partial charge in [-0.05, 0) is 25.0 Å². The van der Waals surface area contributed by atoms with Crippen LogP contribution in [0.25, 0.3) is 0 Å². The Bertz CT molecular complexity index is 23.4. The Hall–Kier alpha value is 0.220. The molecule has 0 N–H and O–H groups in total. The lowest BCUT2D eigenvalue weighted by atomic mass is 10.2. The number of unbranched alkanes of at least 4 members (excludes halogenated alkanes) is 3. The maximum atomic E-state index is 4.07. The van der Waals surface area contributed by atoms with Crippen LogP contribution >= 0.6 is 12.6 Å². The van der Waals surface area contributed by atoms with Crippen LogP contribution in [0.3, 0.4) is 0 Å². The molecule has 0 aliphatic heterocycles. The zero-order valence-corrected chi connectivity index (χ0v) is 5.58. The quantitative estimate of drug-likeness (QED) is 0.326. The second-order valence-corrected chi connectivity index (χ2v) is 2.09. The van der Waals surface area contributed by atoms with Gasteiger partial charge in [0.05, 0.1) is 13.3 Å². The Labute approximate surface area is 51.7 Å². The van der Waals surface area contributed by atoms with Crippen LogP contribution in [-0.2, 0) is 0 Å². The Balaban J connectivity index is 2.45. The summed E-state index contributed by atoms with van der Waals surface area (Å²) in [6, 6.07) is 0. The van der Waals surface area contributed by atoms with Crippen molar-refractivity contribution < 1.29 is 0 Å². The van der Waals surface area contributed by atoms with Crippen molar-refractivity contribution in [3.63, 3.8) is 0 Å². The van der Waals surface area contributed by atoms with E-state index in [1.54, 1.807) is 0 Å². The molecule has 0 aromatic heterocycles. The highest BCUT2D eigenvalue weighted by Gasteiger charge is 1.84. The fourth-order valence-corrected chi connectivity index (χ4v) is 0.689. The zero-order chi connectivity index (χ0) is 5.54. The molecule has 0 radical (unpaired) electrons. The normalized spacial score (nSPS) is 9.29. The maximum Gasteiger partial charge on any atom is 0.0850 e. The standard InChI is InChI=1S/C6H12S/c1-2-3-4-5-6-7/h1-6H2/p+1. The first-order chi connectivity index (χ1) is 3.41. The third-order valence-electron chi connectivity index (χ3n) is 0.908. The van der Waals surface area contributed by atoms with Gasteiger partial charge in [-0.2, -0.15) is 12.6 Å². The topological polar surface area (TPSA) is 0 Å². The lowest BCUT2D eigenvalue weighted by Gasteiger charge is -1.87. The average molecular weight is 117 g/mol. The minimum Gasteiger partial charge on any atom is -0.179 e. The van der Waals surface area contributed by atoms with Gasteiger partial charge >= 0.3 is 0 Å². The molecule has 0 aromatic carbocycles. The third kappa shape index (κ3) is 6.22. The Morgan fingerprint density at radius 2 is 1.86 bits per heavy atom. The summed E-state index contributed by atoms with van der Waals surface area (Å²) in [5.74, 6) is 1.03. The van der Waals surface area contributed by atoms with E-state index in [0.29, 0.717) is 0 Å². The third-order valence-corrected chi connectivity index (χ3v) is 1.22. The summed E-state index contributed by atoms with van der Waals surface area (Å²) in [6.07, 6.45) is 4.89. The van der Waals surface area contributed by atoms with Crippen molar-refractivity contribution in [3.8, 4) is 0 Å². The monoisotopic (exact) mass is 117 g/mol. The molecule has 42 valence electrons. The second-order valence-electron chi connectivity index (χ2n) is 1.64. The molecule has 0 amide bonds. The molecular weight excluding hydrogens is 104 g/mol. The highest BCUT2D eigenvalue weighted by molar-refractivity contribution is 7.80. The lowest BCUT2D eigenvalue weighted by molar-refractivity contribution is 0.734. The van der Waals surface area contributed by atoms with Crippen LogP contribution in [0, 0.1) is 6.92 Å². The van der Waals surface area contributed by atoms with E-state index in [-0.39, 0.29) is 0 Å². The highest BCUT2D eigenvalue weighted by atomic mass is 32.1. The lowest BCUT2D eigenvalue weighted by Crippen LogP contribution is -1.74. The van der Waals surface area contributed by atoms with Crippen molar-refractivity contribution in [2.45, 2.75) is 25.7 Å². The van der Waals surface area contributed by atoms with Crippen molar-refractivity contribution in [1.82, 2.24) is 0 Å². The van der Waals surface area contributed by atoms with Gasteiger partial charge in [-0.1, -0.05) is 0 Å². The maximum absolute atomic E-state index is 4.07. The molecule has 0 atom stereocenters. The predicted octanol–water partition coefficient (Wildman–Crippen LogP) is 2.31. The van der Waals surface area contributed by atoms with Crippen LogP contribution in [0.4, 0.5) is 0 Å². The van der Waals surface area contributed by atoms with E-state index in [2.05, 4.69) is 19.6 Å². The first-order valence-corrected chi connectivity index (χ1v) is 3.45. The molecule has 0 aromatic rings. The van der Waals surface area contributed by atoms with Gasteiger partial charge < -0.3 is 0 Å². The molecule has 7 heavy (non-hydrogen) atoms. The fraction of sp³-hybridized carbons (Fsp3) is 0.833. The van der Waals surface area contributed by atoms with E-state index < -0.39 is 0 Å². The molecule has 1 heteroatoms. The minimum atomic E-state index is 1.03. The Morgan fingerprint density at radius 1 is 1.14 bits per heavy atom. The van der Waals surface area contributed by atoms with E-state index in [4.69, 9.17) is 0 Å². The summed E-state index contributed by atoms with van der Waals surface area (Å²) in [6.45, 7) is 3.73. The Morgan fingerprint density at radius 3 is 2.29 bits per heavy atom. The molecule has 0 rings (SSSR count). The molecule has 0 aliphatic rings. The SMILES string of the molecule is [CH2+]CCCCCS. The average Bonchev–Trinajstić information content (AvgIpc) is 1.69. The molecule has 0 nitrogen and oxygen atoms in total. The smallest absolute Gasteiger partial charge is 0.0850 e. The summed E-state index contributed by atoms with van der Waals surface area (Å²) in [5.41, 5.74) is 0. The molecule has 0 spiro atoms. The van der Waals surface area contributed by atoms with Crippen molar-refractivity contribution in [3.05, 3.63) is 6.92 Å². The summed E-state index contributed by atoms with van der Waals surface area (Å²) >= 11 is 4.07. The van der Waals surface area contributed by atoms with Gasteiger partial charge in [-0.15, -0.1) is 0 Å². The van der Waals surface area contributed by atoms with E-state index in [1.165, 1.54) is 19.3 Å². The van der Waals surface area contributed by atoms with Crippen LogP contribution in [0.2, 0.25) is 0 Å². The van der Waals surface area contributed by atoms with Gasteiger partial charge in [0.25, 0.3) is 0 Å². The van der Waals surface area contributed by atoms with Crippen molar-refractivity contribution in [2.24, 2.45) is 0 Å². The number of thiol groups is 1. The zero-order valence-electron chi connectivity index (χ0n) is 4.69. The van der Waals surface area contributed by atoms with Crippen LogP contribution in [0.15, 0.2) is 0 Å². The van der Waals surface area contributed by atoms with E-state index in [9.17, 15) is 0 Å². The van der Waals surface area contributed by atoms with Crippen LogP contribution in [0.5, 0.6) is 0 Å². The van der Waals surface area contributed by atoms with E-state index in [0.717, 1.165) is 12.2 Å². The van der Waals surface area contributed by atoms with Crippen molar-refractivity contribution in [1.29, 1.82) is 0 Å². The molecule has 0 heterocycles. The van der Waals surface area contributed by atoms with Crippen LogP contribution in [-0.4, -0.2) is 5.75 Å². The van der Waals surface area contributed by atoms with Gasteiger partial charge in [0.15, 0.2) is 0 Å². The van der Waals surface area contributed by atoms with Crippen LogP contribution < -0.4 is 0 Å². The van der Waals surface area contributed by atoms with Gasteiger partial charge in [-0.3, -0.25) is 0 Å². The van der Waals surface area contributed by atoms with E-state index in [1.807, 2.05) is 0 Å². The molecule has 0 unspecified atom stereocenters. The predicted molar refractivity (Wildman–Crippen MR) is 37.7 cm³/mol. The fourth-order valence-electron chi connectivity index (χ4n) is 0.465. The summed E-state index contributed by atoms with van der Waals surface area (Å²) in [7, 11) is 0. The molecule has 0 bridgehead atoms. The largest absolute Gasteiger partial charge is 0.179 e. The van der Waals surface area contributed by atoms with Crippen molar-refractivity contribution >= 4 is 12.6 Å². The van der Waals surface area contributed by atoms with Gasteiger partial charge in [-0.25, -0.2) is 0 Å². The number of hydrogen-bond donors (Lipinski definition) is 1. The molecule has 0 fully saturated rings. The number of rotatable bonds is 4. The first kappa shape index (κ1) is 7.22. The second kappa shape index (κ2) is 6.22. The Kier molecular flexibility index (Phi) is 6.42. The summed E-state index contributed by atoms with van der Waals surface area (Å²) in [4.78, 5) is 0. The van der Waals surface area contributed by atoms with Gasteiger partial charge in [0.2, 0.25) is 0 Å². The summed E-state index contributed by atoms with van der Waals surface area (Å²) in [5, 5.41) is 0. The van der Waals surface area contributed by atoms with Gasteiger partial charge in [0, 0.05) is 0 Å². The minimum absolute atomic E-state index is 1.03. The van der Waals surface area contributed by atoms with Gasteiger partial charge in [0.1, 0.15) is 0 Å². The van der Waals surface area contributed by atoms with E-state index >= 15 is 0 Å². The molecule has 0 aliphatic carbocycles. The molecule has 0 saturated carbocycles. The highest BCUT2D eigenvalue weighted by Crippen LogP contribution is 1.98. The number of hydrogen-bond acceptors (Lipinski definition) is 1.